The first-order valence-electron chi connectivity index (χ1n) is 7.65. The second kappa shape index (κ2) is 4.77. The summed E-state index contributed by atoms with van der Waals surface area (Å²) in [6.45, 7) is 4.75. The van der Waals surface area contributed by atoms with Crippen LogP contribution in [0.25, 0.3) is 0 Å². The molecule has 0 aromatic heterocycles. The van der Waals surface area contributed by atoms with Crippen molar-refractivity contribution in [2.24, 2.45) is 5.92 Å². The van der Waals surface area contributed by atoms with Gasteiger partial charge in [-0.25, -0.2) is 0 Å². The van der Waals surface area contributed by atoms with Gasteiger partial charge in [-0.3, -0.25) is 9.69 Å². The average Bonchev–Trinajstić information content (AvgIpc) is 3.27. The van der Waals surface area contributed by atoms with Gasteiger partial charge in [0.2, 0.25) is 6.41 Å². The van der Waals surface area contributed by atoms with Gasteiger partial charge in [0.15, 0.2) is 0 Å². The standard InChI is InChI=1S/C16H21N3O/c20-11-17-14-4-3-13-7-15-10-19(16(13)8-14)6-5-18(15)9-12-1-2-12/h3-4,8,11-12,15H,1-2,5-7,9-10H2,(H,17,20). The van der Waals surface area contributed by atoms with Crippen molar-refractivity contribution in [3.8, 4) is 0 Å². The van der Waals surface area contributed by atoms with E-state index in [0.717, 1.165) is 37.5 Å². The van der Waals surface area contributed by atoms with Crippen molar-refractivity contribution in [2.45, 2.75) is 25.3 Å². The maximum absolute atomic E-state index is 10.6. The molecule has 1 aliphatic carbocycles. The molecule has 2 heterocycles. The first-order valence-corrected chi connectivity index (χ1v) is 7.65. The fourth-order valence-electron chi connectivity index (χ4n) is 3.62. The van der Waals surface area contributed by atoms with Crippen LogP contribution in [-0.4, -0.2) is 43.5 Å². The summed E-state index contributed by atoms with van der Waals surface area (Å²) in [6, 6.07) is 7.00. The molecule has 4 heteroatoms. The van der Waals surface area contributed by atoms with E-state index >= 15 is 0 Å². The summed E-state index contributed by atoms with van der Waals surface area (Å²) < 4.78 is 0. The van der Waals surface area contributed by atoms with Crippen LogP contribution in [0.3, 0.4) is 0 Å². The summed E-state index contributed by atoms with van der Waals surface area (Å²) in [5, 5.41) is 2.76. The van der Waals surface area contributed by atoms with Crippen molar-refractivity contribution in [2.75, 3.05) is 36.4 Å². The van der Waals surface area contributed by atoms with Crippen molar-refractivity contribution in [1.29, 1.82) is 0 Å². The number of nitrogens with one attached hydrogen (secondary N) is 1. The largest absolute Gasteiger partial charge is 0.368 e. The highest BCUT2D eigenvalue weighted by Gasteiger charge is 2.35. The Morgan fingerprint density at radius 3 is 3.00 bits per heavy atom. The molecule has 4 nitrogen and oxygen atoms in total. The minimum Gasteiger partial charge on any atom is -0.368 e. The van der Waals surface area contributed by atoms with Gasteiger partial charge in [-0.15, -0.1) is 0 Å². The molecule has 0 radical (unpaired) electrons. The van der Waals surface area contributed by atoms with Gasteiger partial charge >= 0.3 is 0 Å². The molecule has 1 aromatic carbocycles. The highest BCUT2D eigenvalue weighted by atomic mass is 16.1. The number of fused-ring (bicyclic) bond motifs is 4. The molecular formula is C16H21N3O. The third-order valence-electron chi connectivity index (χ3n) is 4.90. The van der Waals surface area contributed by atoms with Gasteiger partial charge in [0.25, 0.3) is 0 Å². The van der Waals surface area contributed by atoms with E-state index in [1.54, 1.807) is 0 Å². The van der Waals surface area contributed by atoms with Gasteiger partial charge < -0.3 is 10.2 Å². The zero-order valence-electron chi connectivity index (χ0n) is 11.7. The van der Waals surface area contributed by atoms with Gasteiger partial charge in [0, 0.05) is 43.6 Å². The molecule has 20 heavy (non-hydrogen) atoms. The summed E-state index contributed by atoms with van der Waals surface area (Å²) in [6.07, 6.45) is 4.77. The fraction of sp³-hybridized carbons (Fsp3) is 0.562. The topological polar surface area (TPSA) is 35.6 Å². The molecule has 3 aliphatic rings. The van der Waals surface area contributed by atoms with E-state index in [1.807, 2.05) is 6.07 Å². The molecule has 1 N–H and O–H groups in total. The summed E-state index contributed by atoms with van der Waals surface area (Å²) >= 11 is 0. The van der Waals surface area contributed by atoms with Crippen molar-refractivity contribution >= 4 is 17.8 Å². The molecule has 1 saturated heterocycles. The zero-order chi connectivity index (χ0) is 13.5. The van der Waals surface area contributed by atoms with Crippen molar-refractivity contribution < 1.29 is 4.79 Å². The van der Waals surface area contributed by atoms with Gasteiger partial charge in [-0.05, 0) is 42.9 Å². The van der Waals surface area contributed by atoms with Crippen LogP contribution in [0.4, 0.5) is 11.4 Å². The normalized spacial score (nSPS) is 25.2. The lowest BCUT2D eigenvalue weighted by molar-refractivity contribution is -0.105. The molecule has 2 aliphatic heterocycles. The Balaban J connectivity index is 1.57. The van der Waals surface area contributed by atoms with Crippen LogP contribution in [0, 0.1) is 5.92 Å². The zero-order valence-corrected chi connectivity index (χ0v) is 11.7. The number of nitrogens with zero attached hydrogens (tertiary/aromatic N) is 2. The minimum absolute atomic E-state index is 0.682. The number of hydrogen-bond acceptors (Lipinski definition) is 3. The number of hydrogen-bond donors (Lipinski definition) is 1. The Hall–Kier alpha value is -1.55. The van der Waals surface area contributed by atoms with E-state index in [4.69, 9.17) is 0 Å². The molecule has 4 rings (SSSR count). The first kappa shape index (κ1) is 12.2. The molecule has 106 valence electrons. The van der Waals surface area contributed by atoms with Crippen LogP contribution >= 0.6 is 0 Å². The number of carbonyl (C=O) groups is 1. The number of benzene rings is 1. The number of amides is 1. The van der Waals surface area contributed by atoms with Crippen molar-refractivity contribution in [3.05, 3.63) is 23.8 Å². The molecule has 1 amide bonds. The fourth-order valence-corrected chi connectivity index (χ4v) is 3.62. The van der Waals surface area contributed by atoms with Crippen LogP contribution in [-0.2, 0) is 11.2 Å². The van der Waals surface area contributed by atoms with Gasteiger partial charge in [0.1, 0.15) is 0 Å². The molecule has 2 bridgehead atoms. The predicted octanol–water partition coefficient (Wildman–Crippen LogP) is 1.71. The minimum atomic E-state index is 0.682. The van der Waals surface area contributed by atoms with E-state index in [0.29, 0.717) is 6.04 Å². The summed E-state index contributed by atoms with van der Waals surface area (Å²) in [4.78, 5) is 15.8. The van der Waals surface area contributed by atoms with E-state index in [9.17, 15) is 4.79 Å². The van der Waals surface area contributed by atoms with E-state index in [-0.39, 0.29) is 0 Å². The Morgan fingerprint density at radius 2 is 2.20 bits per heavy atom. The van der Waals surface area contributed by atoms with Crippen molar-refractivity contribution in [3.63, 3.8) is 0 Å². The maximum Gasteiger partial charge on any atom is 0.211 e. The Labute approximate surface area is 119 Å². The van der Waals surface area contributed by atoms with E-state index in [2.05, 4.69) is 27.2 Å². The Kier molecular flexibility index (Phi) is 2.91. The quantitative estimate of drug-likeness (QED) is 0.847. The van der Waals surface area contributed by atoms with E-state index in [1.165, 1.54) is 37.2 Å². The third-order valence-corrected chi connectivity index (χ3v) is 4.90. The predicted molar refractivity (Wildman–Crippen MR) is 80.1 cm³/mol. The molecule has 1 atom stereocenters. The monoisotopic (exact) mass is 271 g/mol. The number of rotatable bonds is 4. The average molecular weight is 271 g/mol. The lowest BCUT2D eigenvalue weighted by atomic mass is 9.94. The SMILES string of the molecule is O=CNc1ccc2c(c1)N1CCN(CC3CC3)C(C2)C1. The third kappa shape index (κ3) is 2.18. The molecule has 0 spiro atoms. The van der Waals surface area contributed by atoms with Gasteiger partial charge in [-0.2, -0.15) is 0 Å². The van der Waals surface area contributed by atoms with Crippen LogP contribution in [0.2, 0.25) is 0 Å². The van der Waals surface area contributed by atoms with Gasteiger partial charge in [-0.1, -0.05) is 6.07 Å². The highest BCUT2D eigenvalue weighted by molar-refractivity contribution is 5.75. The summed E-state index contributed by atoms with van der Waals surface area (Å²) in [5.74, 6) is 0.974. The second-order valence-electron chi connectivity index (χ2n) is 6.35. The molecule has 1 saturated carbocycles. The molecule has 1 aromatic rings. The molecule has 1 unspecified atom stereocenters. The lowest BCUT2D eigenvalue weighted by Crippen LogP contribution is -2.57. The Bertz CT molecular complexity index is 526. The number of anilines is 2. The highest BCUT2D eigenvalue weighted by Crippen LogP contribution is 2.36. The summed E-state index contributed by atoms with van der Waals surface area (Å²) in [5.41, 5.74) is 3.65. The summed E-state index contributed by atoms with van der Waals surface area (Å²) in [7, 11) is 0. The first-order chi connectivity index (χ1) is 9.83. The lowest BCUT2D eigenvalue weighted by Gasteiger charge is -2.47. The van der Waals surface area contributed by atoms with E-state index < -0.39 is 0 Å². The molecular weight excluding hydrogens is 250 g/mol. The maximum atomic E-state index is 10.6. The van der Waals surface area contributed by atoms with Crippen LogP contribution < -0.4 is 10.2 Å². The smallest absolute Gasteiger partial charge is 0.211 e. The van der Waals surface area contributed by atoms with Gasteiger partial charge in [0.05, 0.1) is 0 Å². The van der Waals surface area contributed by atoms with Crippen molar-refractivity contribution in [1.82, 2.24) is 4.90 Å². The van der Waals surface area contributed by atoms with Crippen LogP contribution in [0.1, 0.15) is 18.4 Å². The molecule has 2 fully saturated rings. The number of carbonyl (C=O) groups excluding carboxylic acids is 1. The second-order valence-corrected chi connectivity index (χ2v) is 6.35. The van der Waals surface area contributed by atoms with Crippen LogP contribution in [0.15, 0.2) is 18.2 Å². The Morgan fingerprint density at radius 1 is 1.30 bits per heavy atom. The van der Waals surface area contributed by atoms with Crippen LogP contribution in [0.5, 0.6) is 0 Å². The number of piperazine rings is 1.